The fourth-order valence-corrected chi connectivity index (χ4v) is 1.25. The number of allylic oxidation sites excluding steroid dienone is 1. The smallest absolute Gasteiger partial charge is 0.165 e. The van der Waals surface area contributed by atoms with Gasteiger partial charge in [-0.05, 0) is 20.8 Å². The van der Waals surface area contributed by atoms with Gasteiger partial charge in [0.25, 0.3) is 0 Å². The predicted molar refractivity (Wildman–Crippen MR) is 47.5 cm³/mol. The van der Waals surface area contributed by atoms with E-state index in [0.29, 0.717) is 0 Å². The van der Waals surface area contributed by atoms with Crippen molar-refractivity contribution in [3.63, 3.8) is 0 Å². The molecule has 1 heterocycles. The molecule has 0 saturated carbocycles. The first-order chi connectivity index (χ1) is 5.59. The molecule has 0 spiro atoms. The maximum atomic E-state index is 5.54. The molecule has 0 aliphatic carbocycles. The van der Waals surface area contributed by atoms with Crippen molar-refractivity contribution in [2.24, 2.45) is 0 Å². The van der Waals surface area contributed by atoms with Crippen LogP contribution in [0.15, 0.2) is 12.2 Å². The molecule has 1 aliphatic rings. The lowest BCUT2D eigenvalue weighted by Gasteiger charge is -2.15. The molecule has 0 aromatic carbocycles. The number of hydrogen-bond acceptors (Lipinski definition) is 2. The van der Waals surface area contributed by atoms with Gasteiger partial charge in [0.15, 0.2) is 11.9 Å². The topological polar surface area (TPSA) is 18.5 Å². The highest BCUT2D eigenvalue weighted by atomic mass is 16.7. The first-order valence-electron chi connectivity index (χ1n) is 4.03. The second-order valence-corrected chi connectivity index (χ2v) is 3.21. The summed E-state index contributed by atoms with van der Waals surface area (Å²) in [5.74, 6) is 2.00. The minimum Gasteiger partial charge on any atom is -0.339 e. The number of ether oxygens (including phenoxy) is 2. The van der Waals surface area contributed by atoms with E-state index in [1.54, 1.807) is 0 Å². The lowest BCUT2D eigenvalue weighted by atomic mass is 10.2. The largest absolute Gasteiger partial charge is 0.339 e. The quantitative estimate of drug-likeness (QED) is 0.436. The van der Waals surface area contributed by atoms with Crippen LogP contribution in [0.3, 0.4) is 0 Å². The molecule has 2 unspecified atom stereocenters. The van der Waals surface area contributed by atoms with Crippen LogP contribution in [0.1, 0.15) is 20.8 Å². The second-order valence-electron chi connectivity index (χ2n) is 3.21. The molecule has 2 atom stereocenters. The van der Waals surface area contributed by atoms with Crippen LogP contribution in [-0.4, -0.2) is 18.0 Å². The summed E-state index contributed by atoms with van der Waals surface area (Å²) in [4.78, 5) is 0. The molecule has 1 aliphatic heterocycles. The Labute approximate surface area is 73.6 Å². The van der Waals surface area contributed by atoms with E-state index >= 15 is 0 Å². The van der Waals surface area contributed by atoms with Crippen LogP contribution in [0.25, 0.3) is 0 Å². The van der Waals surface area contributed by atoms with E-state index in [1.165, 1.54) is 0 Å². The van der Waals surface area contributed by atoms with Crippen LogP contribution in [-0.2, 0) is 9.47 Å². The Morgan fingerprint density at radius 3 is 2.58 bits per heavy atom. The second kappa shape index (κ2) is 3.30. The van der Waals surface area contributed by atoms with Crippen LogP contribution in [0.4, 0.5) is 0 Å². The van der Waals surface area contributed by atoms with Crippen LogP contribution in [0.2, 0.25) is 0 Å². The van der Waals surface area contributed by atoms with E-state index in [0.717, 1.165) is 0 Å². The molecule has 1 saturated heterocycles. The Morgan fingerprint density at radius 2 is 2.08 bits per heavy atom. The minimum atomic E-state index is -0.554. The summed E-state index contributed by atoms with van der Waals surface area (Å²) >= 11 is 0. The summed E-state index contributed by atoms with van der Waals surface area (Å²) in [6.07, 6.45) is 8.76. The molecule has 2 heteroatoms. The van der Waals surface area contributed by atoms with Crippen molar-refractivity contribution in [1.82, 2.24) is 0 Å². The molecule has 0 aromatic heterocycles. The predicted octanol–water partition coefficient (Wildman–Crippen LogP) is 1.72. The zero-order chi connectivity index (χ0) is 9.19. The molecule has 0 amide bonds. The highest BCUT2D eigenvalue weighted by Crippen LogP contribution is 2.28. The molecular formula is C10H14O2. The molecule has 0 aromatic rings. The summed E-state index contributed by atoms with van der Waals surface area (Å²) in [5.41, 5.74) is 0. The van der Waals surface area contributed by atoms with Gasteiger partial charge in [-0.25, -0.2) is 0 Å². The van der Waals surface area contributed by atoms with Crippen LogP contribution >= 0.6 is 0 Å². The normalized spacial score (nSPS) is 33.8. The fourth-order valence-electron chi connectivity index (χ4n) is 1.25. The van der Waals surface area contributed by atoms with Crippen LogP contribution < -0.4 is 0 Å². The van der Waals surface area contributed by atoms with Gasteiger partial charge in [0.05, 0.1) is 0 Å². The van der Waals surface area contributed by atoms with Crippen molar-refractivity contribution >= 4 is 0 Å². The molecule has 1 fully saturated rings. The maximum Gasteiger partial charge on any atom is 0.165 e. The minimum absolute atomic E-state index is 0.102. The van der Waals surface area contributed by atoms with E-state index < -0.39 is 5.79 Å². The summed E-state index contributed by atoms with van der Waals surface area (Å²) in [7, 11) is 0. The SMILES string of the molecule is C#CC1OC(C)(C)OC1/C=C/C. The molecule has 0 radical (unpaired) electrons. The fraction of sp³-hybridized carbons (Fsp3) is 0.600. The van der Waals surface area contributed by atoms with Crippen LogP contribution in [0.5, 0.6) is 0 Å². The van der Waals surface area contributed by atoms with Gasteiger partial charge < -0.3 is 9.47 Å². The first kappa shape index (κ1) is 9.31. The third-order valence-corrected chi connectivity index (χ3v) is 1.68. The molecule has 66 valence electrons. The molecule has 0 N–H and O–H groups in total. The van der Waals surface area contributed by atoms with Crippen molar-refractivity contribution in [2.45, 2.75) is 38.8 Å². The first-order valence-corrected chi connectivity index (χ1v) is 4.03. The van der Waals surface area contributed by atoms with E-state index in [4.69, 9.17) is 15.9 Å². The van der Waals surface area contributed by atoms with E-state index in [9.17, 15) is 0 Å². The van der Waals surface area contributed by atoms with Crippen LogP contribution in [0, 0.1) is 12.3 Å². The van der Waals surface area contributed by atoms with Gasteiger partial charge in [0.1, 0.15) is 6.10 Å². The third-order valence-electron chi connectivity index (χ3n) is 1.68. The van der Waals surface area contributed by atoms with Crippen molar-refractivity contribution in [2.75, 3.05) is 0 Å². The molecule has 0 bridgehead atoms. The monoisotopic (exact) mass is 166 g/mol. The highest BCUT2D eigenvalue weighted by molar-refractivity contribution is 5.09. The van der Waals surface area contributed by atoms with Gasteiger partial charge in [-0.1, -0.05) is 18.1 Å². The van der Waals surface area contributed by atoms with Crippen molar-refractivity contribution in [1.29, 1.82) is 0 Å². The highest BCUT2D eigenvalue weighted by Gasteiger charge is 2.38. The summed E-state index contributed by atoms with van der Waals surface area (Å²) in [5, 5.41) is 0. The third kappa shape index (κ3) is 1.88. The van der Waals surface area contributed by atoms with Crippen molar-refractivity contribution in [3.05, 3.63) is 12.2 Å². The summed E-state index contributed by atoms with van der Waals surface area (Å²) in [6, 6.07) is 0. The van der Waals surface area contributed by atoms with E-state index in [1.807, 2.05) is 32.9 Å². The standard InChI is InChI=1S/C10H14O2/c1-5-7-9-8(6-2)11-10(3,4)12-9/h2,5,7-9H,1,3-4H3/b7-5+. The Kier molecular flexibility index (Phi) is 2.56. The zero-order valence-electron chi connectivity index (χ0n) is 7.70. The Morgan fingerprint density at radius 1 is 1.42 bits per heavy atom. The Bertz CT molecular complexity index is 222. The summed E-state index contributed by atoms with van der Waals surface area (Å²) < 4.78 is 11.0. The lowest BCUT2D eigenvalue weighted by Crippen LogP contribution is -2.20. The summed E-state index contributed by atoms with van der Waals surface area (Å²) in [6.45, 7) is 5.66. The van der Waals surface area contributed by atoms with Crippen molar-refractivity contribution in [3.8, 4) is 12.3 Å². The number of terminal acetylenes is 1. The Hall–Kier alpha value is -0.780. The number of hydrogen-bond donors (Lipinski definition) is 0. The molecule has 12 heavy (non-hydrogen) atoms. The zero-order valence-corrected chi connectivity index (χ0v) is 7.70. The van der Waals surface area contributed by atoms with Gasteiger partial charge in [0, 0.05) is 0 Å². The molecule has 1 rings (SSSR count). The van der Waals surface area contributed by atoms with E-state index in [2.05, 4.69) is 5.92 Å². The maximum absolute atomic E-state index is 5.54. The van der Waals surface area contributed by atoms with Gasteiger partial charge in [-0.2, -0.15) is 0 Å². The Balaban J connectivity index is 2.71. The average molecular weight is 166 g/mol. The van der Waals surface area contributed by atoms with Crippen molar-refractivity contribution < 1.29 is 9.47 Å². The number of rotatable bonds is 1. The molecule has 2 nitrogen and oxygen atoms in total. The van der Waals surface area contributed by atoms with Gasteiger partial charge in [-0.3, -0.25) is 0 Å². The molecular weight excluding hydrogens is 152 g/mol. The average Bonchev–Trinajstić information content (AvgIpc) is 2.26. The van der Waals surface area contributed by atoms with E-state index in [-0.39, 0.29) is 12.2 Å². The van der Waals surface area contributed by atoms with Gasteiger partial charge in [-0.15, -0.1) is 6.42 Å². The van der Waals surface area contributed by atoms with Gasteiger partial charge in [0.2, 0.25) is 0 Å². The van der Waals surface area contributed by atoms with Gasteiger partial charge >= 0.3 is 0 Å². The lowest BCUT2D eigenvalue weighted by molar-refractivity contribution is -0.138.